The quantitative estimate of drug-likeness (QED) is 0.472. The van der Waals surface area contributed by atoms with Gasteiger partial charge in [-0.25, -0.2) is 0 Å². The summed E-state index contributed by atoms with van der Waals surface area (Å²) in [6.07, 6.45) is 0. The molecule has 1 atom stereocenters. The van der Waals surface area contributed by atoms with Crippen molar-refractivity contribution in [3.63, 3.8) is 0 Å². The van der Waals surface area contributed by atoms with Crippen molar-refractivity contribution in [3.8, 4) is 0 Å². The molecule has 0 saturated carbocycles. The molecular weight excluding hydrogens is 332 g/mol. The van der Waals surface area contributed by atoms with Crippen molar-refractivity contribution in [2.75, 3.05) is 42.7 Å². The van der Waals surface area contributed by atoms with Crippen molar-refractivity contribution < 1.29 is 34.8 Å². The van der Waals surface area contributed by atoms with Gasteiger partial charge in [0.15, 0.2) is 0 Å². The van der Waals surface area contributed by atoms with Gasteiger partial charge in [-0.05, 0) is 11.4 Å². The van der Waals surface area contributed by atoms with E-state index in [1.54, 1.807) is 0 Å². The Hall–Kier alpha value is -0.189. The average Bonchev–Trinajstić information content (AvgIpc) is 2.57. The Morgan fingerprint density at radius 2 is 0.952 bits per heavy atom. The second-order valence-corrected chi connectivity index (χ2v) is 11.9. The first kappa shape index (κ1) is 20.8. The van der Waals surface area contributed by atoms with Crippen molar-refractivity contribution in [2.45, 2.75) is 0 Å². The third kappa shape index (κ3) is 4.90. The Balaban J connectivity index is 5.52. The van der Waals surface area contributed by atoms with E-state index in [0.717, 1.165) is 0 Å². The van der Waals surface area contributed by atoms with Crippen LogP contribution < -0.4 is 0 Å². The molecule has 0 saturated heterocycles. The van der Waals surface area contributed by atoms with Crippen molar-refractivity contribution in [1.82, 2.24) is 0 Å². The molecule has 8 nitrogen and oxygen atoms in total. The van der Waals surface area contributed by atoms with E-state index in [0.29, 0.717) is 0 Å². The van der Waals surface area contributed by atoms with Crippen LogP contribution in [0.3, 0.4) is 0 Å². The van der Waals surface area contributed by atoms with Crippen LogP contribution in [0.1, 0.15) is 0 Å². The minimum absolute atomic E-state index is 1.40. The molecule has 0 aromatic heterocycles. The molecule has 0 aromatic carbocycles. The van der Waals surface area contributed by atoms with Gasteiger partial charge in [-0.1, -0.05) is 13.2 Å². The zero-order chi connectivity index (χ0) is 16.6. The van der Waals surface area contributed by atoms with E-state index in [2.05, 4.69) is 13.2 Å². The molecule has 0 heterocycles. The summed E-state index contributed by atoms with van der Waals surface area (Å²) in [6, 6.07) is 0. The second-order valence-electron chi connectivity index (χ2n) is 3.54. The maximum Gasteiger partial charge on any atom is 0.671 e. The van der Waals surface area contributed by atoms with Crippen LogP contribution in [0.4, 0.5) is 0 Å². The van der Waals surface area contributed by atoms with Gasteiger partial charge < -0.3 is 34.8 Å². The molecule has 0 fully saturated rings. The summed E-state index contributed by atoms with van der Waals surface area (Å²) < 4.78 is 43.4. The third-order valence-corrected chi connectivity index (χ3v) is 11.3. The van der Waals surface area contributed by atoms with Crippen molar-refractivity contribution in [3.05, 3.63) is 24.6 Å². The number of hydrogen-bond donors (Lipinski definition) is 0. The summed E-state index contributed by atoms with van der Waals surface area (Å²) in [6.45, 7) is 7.36. The molecule has 124 valence electrons. The molecule has 0 bridgehead atoms. The van der Waals surface area contributed by atoms with E-state index in [9.17, 15) is 0 Å². The van der Waals surface area contributed by atoms with E-state index < -0.39 is 26.7 Å². The molecule has 1 unspecified atom stereocenters. The first-order chi connectivity index (χ1) is 9.90. The minimum Gasteiger partial charge on any atom is -0.375 e. The van der Waals surface area contributed by atoms with Gasteiger partial charge in [-0.3, -0.25) is 0 Å². The summed E-state index contributed by atoms with van der Waals surface area (Å²) in [5, 5.41) is 0. The molecule has 0 aliphatic heterocycles. The molecular formula is C10H24O8Si3. The molecule has 0 radical (unpaired) electrons. The smallest absolute Gasteiger partial charge is 0.375 e. The predicted octanol–water partition coefficient (Wildman–Crippen LogP) is 0.662. The molecule has 0 aliphatic rings. The van der Waals surface area contributed by atoms with Crippen molar-refractivity contribution in [2.24, 2.45) is 0 Å². The van der Waals surface area contributed by atoms with Crippen LogP contribution in [0.25, 0.3) is 0 Å². The van der Waals surface area contributed by atoms with E-state index in [4.69, 9.17) is 34.8 Å². The summed E-state index contributed by atoms with van der Waals surface area (Å²) in [5.41, 5.74) is 2.87. The van der Waals surface area contributed by atoms with Gasteiger partial charge >= 0.3 is 26.7 Å². The summed E-state index contributed by atoms with van der Waals surface area (Å²) >= 11 is 0. The van der Waals surface area contributed by atoms with Gasteiger partial charge in [0.1, 0.15) is 0 Å². The molecule has 0 spiro atoms. The van der Waals surface area contributed by atoms with Gasteiger partial charge in [0, 0.05) is 42.7 Å². The Bertz CT molecular complexity index is 326. The van der Waals surface area contributed by atoms with Gasteiger partial charge in [-0.2, -0.15) is 0 Å². The van der Waals surface area contributed by atoms with Crippen LogP contribution in [0.5, 0.6) is 0 Å². The van der Waals surface area contributed by atoms with E-state index in [-0.39, 0.29) is 0 Å². The van der Waals surface area contributed by atoms with Gasteiger partial charge in [0.05, 0.1) is 0 Å². The zero-order valence-electron chi connectivity index (χ0n) is 13.3. The summed E-state index contributed by atoms with van der Waals surface area (Å²) in [7, 11) is -1.51. The van der Waals surface area contributed by atoms with Crippen molar-refractivity contribution in [1.29, 1.82) is 0 Å². The molecule has 11 heteroatoms. The monoisotopic (exact) mass is 356 g/mol. The fourth-order valence-electron chi connectivity index (χ4n) is 1.39. The zero-order valence-corrected chi connectivity index (χ0v) is 16.3. The molecule has 0 rings (SSSR count). The van der Waals surface area contributed by atoms with E-state index in [1.165, 1.54) is 54.1 Å². The predicted molar refractivity (Wildman–Crippen MR) is 81.9 cm³/mol. The van der Waals surface area contributed by atoms with Gasteiger partial charge in [0.2, 0.25) is 0 Å². The highest BCUT2D eigenvalue weighted by atomic mass is 28.5. The summed E-state index contributed by atoms with van der Waals surface area (Å²) in [5.74, 6) is 0. The third-order valence-electron chi connectivity index (χ3n) is 2.66. The normalized spacial score (nSPS) is 15.5. The first-order valence-electron chi connectivity index (χ1n) is 5.88. The van der Waals surface area contributed by atoms with Crippen LogP contribution >= 0.6 is 0 Å². The van der Waals surface area contributed by atoms with Gasteiger partial charge in [-0.15, -0.1) is 0 Å². The maximum absolute atomic E-state index is 5.88. The highest BCUT2D eigenvalue weighted by Crippen LogP contribution is 2.24. The lowest BCUT2D eigenvalue weighted by Crippen LogP contribution is -2.63. The van der Waals surface area contributed by atoms with Crippen LogP contribution in [-0.2, 0) is 34.8 Å². The van der Waals surface area contributed by atoms with Crippen LogP contribution in [-0.4, -0.2) is 69.3 Å². The lowest BCUT2D eigenvalue weighted by molar-refractivity contribution is 0.0183. The van der Waals surface area contributed by atoms with Crippen molar-refractivity contribution >= 4 is 26.7 Å². The summed E-state index contributed by atoms with van der Waals surface area (Å²) in [4.78, 5) is 0. The molecule has 0 N–H and O–H groups in total. The lowest BCUT2D eigenvalue weighted by atomic mass is 11.3. The van der Waals surface area contributed by atoms with Crippen LogP contribution in [0.15, 0.2) is 24.6 Å². The average molecular weight is 357 g/mol. The topological polar surface area (TPSA) is 73.8 Å². The van der Waals surface area contributed by atoms with Crippen LogP contribution in [0, 0.1) is 0 Å². The van der Waals surface area contributed by atoms with E-state index >= 15 is 0 Å². The minimum atomic E-state index is -3.45. The molecule has 21 heavy (non-hydrogen) atoms. The van der Waals surface area contributed by atoms with Crippen LogP contribution in [0.2, 0.25) is 0 Å². The Morgan fingerprint density at radius 3 is 1.19 bits per heavy atom. The Morgan fingerprint density at radius 1 is 0.571 bits per heavy atom. The Kier molecular flexibility index (Phi) is 8.98. The Labute approximate surface area is 129 Å². The SMILES string of the molecule is C=C[Si](OC)(OC)O[Si](C=C)(OC)O[Si](OC)(OC)OC. The van der Waals surface area contributed by atoms with E-state index in [1.807, 2.05) is 0 Å². The molecule has 0 aliphatic carbocycles. The second kappa shape index (κ2) is 9.06. The first-order valence-corrected chi connectivity index (χ1v) is 11.1. The number of rotatable bonds is 12. The fraction of sp³-hybridized carbons (Fsp3) is 0.600. The fourth-order valence-corrected chi connectivity index (χ4v) is 9.42. The van der Waals surface area contributed by atoms with Gasteiger partial charge in [0.25, 0.3) is 0 Å². The highest BCUT2D eigenvalue weighted by molar-refractivity contribution is 6.83. The standard InChI is InChI=1S/C10H24O8Si3/c1-9-19(11-3,12-4)17-20(10-2,13-5)18-21(14-6,15-7)16-8/h9-10H,1-2H2,3-8H3. The maximum atomic E-state index is 5.88. The number of hydrogen-bond acceptors (Lipinski definition) is 8. The molecule has 0 aromatic rings. The molecule has 0 amide bonds. The lowest BCUT2D eigenvalue weighted by Gasteiger charge is -2.36. The largest absolute Gasteiger partial charge is 0.671 e. The highest BCUT2D eigenvalue weighted by Gasteiger charge is 2.58.